The monoisotopic (exact) mass is 496 g/mol. The average Bonchev–Trinajstić information content (AvgIpc) is 2.82. The normalized spacial score (nSPS) is 12.0. The fraction of sp³-hybridized carbons (Fsp3) is 0.154. The fourth-order valence-corrected chi connectivity index (χ4v) is 4.67. The van der Waals surface area contributed by atoms with Gasteiger partial charge in [0.15, 0.2) is 0 Å². The summed E-state index contributed by atoms with van der Waals surface area (Å²) < 4.78 is 0. The van der Waals surface area contributed by atoms with Gasteiger partial charge in [0, 0.05) is 46.6 Å². The fourth-order valence-electron chi connectivity index (χ4n) is 3.43. The number of carboxylic acids is 2. The first kappa shape index (κ1) is 25.4. The zero-order chi connectivity index (χ0) is 24.5. The van der Waals surface area contributed by atoms with Gasteiger partial charge in [-0.3, -0.25) is 0 Å². The molecule has 1 aliphatic heterocycles. The van der Waals surface area contributed by atoms with Gasteiger partial charge in [0.25, 0.3) is 0 Å². The zero-order valence-corrected chi connectivity index (χ0v) is 20.2. The Bertz CT molecular complexity index is 1150. The Labute approximate surface area is 208 Å². The van der Waals surface area contributed by atoms with Gasteiger partial charge in [-0.25, -0.2) is 9.59 Å². The third-order valence-electron chi connectivity index (χ3n) is 4.96. The van der Waals surface area contributed by atoms with Crippen LogP contribution in [0.15, 0.2) is 94.7 Å². The third kappa shape index (κ3) is 7.38. The van der Waals surface area contributed by atoms with E-state index < -0.39 is 11.9 Å². The molecule has 8 heteroatoms. The topological polar surface area (TPSA) is 81.1 Å². The van der Waals surface area contributed by atoms with Crippen molar-refractivity contribution >= 4 is 46.7 Å². The number of carbonyl (C=O) groups is 2. The first-order chi connectivity index (χ1) is 16.3. The van der Waals surface area contributed by atoms with Gasteiger partial charge in [0.2, 0.25) is 0 Å². The molecular weight excluding hydrogens is 472 g/mol. The molecule has 0 aliphatic carbocycles. The molecule has 3 aromatic carbocycles. The maximum absolute atomic E-state index is 9.55. The van der Waals surface area contributed by atoms with Crippen molar-refractivity contribution in [1.82, 2.24) is 4.90 Å². The lowest BCUT2D eigenvalue weighted by atomic mass is 10.2. The molecule has 0 saturated carbocycles. The summed E-state index contributed by atoms with van der Waals surface area (Å²) in [5.41, 5.74) is 3.81. The average molecular weight is 497 g/mol. The SMILES string of the molecule is CN(CCN1c2ccccc2Sc2ccc(Cl)cc21)Cc1ccccc1.O=C(O)C=CC(=O)O. The molecule has 34 heavy (non-hydrogen) atoms. The van der Waals surface area contributed by atoms with E-state index in [9.17, 15) is 9.59 Å². The van der Waals surface area contributed by atoms with Gasteiger partial charge in [0.1, 0.15) is 0 Å². The summed E-state index contributed by atoms with van der Waals surface area (Å²) in [6.07, 6.45) is 1.12. The van der Waals surface area contributed by atoms with E-state index in [0.717, 1.165) is 24.7 Å². The van der Waals surface area contributed by atoms with E-state index in [1.165, 1.54) is 26.7 Å². The molecule has 0 atom stereocenters. The van der Waals surface area contributed by atoms with Crippen LogP contribution < -0.4 is 4.90 Å². The molecule has 0 amide bonds. The number of aliphatic carboxylic acids is 2. The van der Waals surface area contributed by atoms with E-state index in [-0.39, 0.29) is 0 Å². The second-order valence-corrected chi connectivity index (χ2v) is 9.09. The predicted molar refractivity (Wildman–Crippen MR) is 136 cm³/mol. The Morgan fingerprint density at radius 1 is 0.912 bits per heavy atom. The number of rotatable bonds is 7. The molecular formula is C26H25ClN2O4S. The van der Waals surface area contributed by atoms with Crippen LogP contribution in [0.4, 0.5) is 11.4 Å². The largest absolute Gasteiger partial charge is 0.478 e. The van der Waals surface area contributed by atoms with Crippen molar-refractivity contribution in [2.45, 2.75) is 16.3 Å². The minimum Gasteiger partial charge on any atom is -0.478 e. The number of hydrogen-bond acceptors (Lipinski definition) is 5. The molecule has 1 heterocycles. The molecule has 0 bridgehead atoms. The molecule has 4 rings (SSSR count). The van der Waals surface area contributed by atoms with Crippen molar-refractivity contribution < 1.29 is 19.8 Å². The van der Waals surface area contributed by atoms with Crippen LogP contribution in [-0.4, -0.2) is 47.2 Å². The Hall–Kier alpha value is -3.26. The van der Waals surface area contributed by atoms with E-state index in [1.807, 2.05) is 17.8 Å². The van der Waals surface area contributed by atoms with Crippen LogP contribution in [0.25, 0.3) is 0 Å². The number of fused-ring (bicyclic) bond motifs is 2. The number of benzene rings is 3. The lowest BCUT2D eigenvalue weighted by Crippen LogP contribution is -2.31. The maximum atomic E-state index is 9.55. The van der Waals surface area contributed by atoms with Crippen LogP contribution in [0.5, 0.6) is 0 Å². The molecule has 2 N–H and O–H groups in total. The van der Waals surface area contributed by atoms with Gasteiger partial charge in [-0.2, -0.15) is 0 Å². The third-order valence-corrected chi connectivity index (χ3v) is 6.32. The molecule has 0 unspecified atom stereocenters. The highest BCUT2D eigenvalue weighted by Crippen LogP contribution is 2.48. The Morgan fingerprint density at radius 2 is 1.53 bits per heavy atom. The summed E-state index contributed by atoms with van der Waals surface area (Å²) in [6, 6.07) is 25.4. The number of halogens is 1. The number of anilines is 2. The van der Waals surface area contributed by atoms with Gasteiger partial charge < -0.3 is 20.0 Å². The second kappa shape index (κ2) is 12.3. The molecule has 3 aromatic rings. The van der Waals surface area contributed by atoms with E-state index in [1.54, 1.807) is 0 Å². The van der Waals surface area contributed by atoms with Gasteiger partial charge >= 0.3 is 11.9 Å². The van der Waals surface area contributed by atoms with Crippen molar-refractivity contribution in [3.8, 4) is 0 Å². The highest BCUT2D eigenvalue weighted by molar-refractivity contribution is 7.99. The van der Waals surface area contributed by atoms with Crippen LogP contribution in [0.1, 0.15) is 5.56 Å². The summed E-state index contributed by atoms with van der Waals surface area (Å²) >= 11 is 8.11. The molecule has 6 nitrogen and oxygen atoms in total. The van der Waals surface area contributed by atoms with Crippen LogP contribution >= 0.6 is 23.4 Å². The quantitative estimate of drug-likeness (QED) is 0.401. The van der Waals surface area contributed by atoms with Crippen molar-refractivity contribution in [2.75, 3.05) is 25.0 Å². The minimum atomic E-state index is -1.26. The number of para-hydroxylation sites is 1. The summed E-state index contributed by atoms with van der Waals surface area (Å²) in [6.45, 7) is 2.85. The lowest BCUT2D eigenvalue weighted by Gasteiger charge is -2.34. The van der Waals surface area contributed by atoms with E-state index in [0.29, 0.717) is 12.2 Å². The van der Waals surface area contributed by atoms with Crippen LogP contribution in [-0.2, 0) is 16.1 Å². The number of carboxylic acid groups (broad SMARTS) is 2. The molecule has 0 aromatic heterocycles. The van der Waals surface area contributed by atoms with E-state index in [2.05, 4.69) is 83.6 Å². The number of nitrogens with zero attached hydrogens (tertiary/aromatic N) is 2. The van der Waals surface area contributed by atoms with Gasteiger partial charge in [0.05, 0.1) is 11.4 Å². The zero-order valence-electron chi connectivity index (χ0n) is 18.6. The number of hydrogen-bond donors (Lipinski definition) is 2. The summed E-state index contributed by atoms with van der Waals surface area (Å²) in [5.74, 6) is -2.51. The molecule has 0 saturated heterocycles. The minimum absolute atomic E-state index is 0.558. The molecule has 0 fully saturated rings. The lowest BCUT2D eigenvalue weighted by molar-refractivity contribution is -0.134. The summed E-state index contributed by atoms with van der Waals surface area (Å²) in [5, 5.41) is 16.4. The van der Waals surface area contributed by atoms with Crippen molar-refractivity contribution in [3.63, 3.8) is 0 Å². The van der Waals surface area contributed by atoms with Crippen molar-refractivity contribution in [2.24, 2.45) is 0 Å². The Morgan fingerprint density at radius 3 is 2.21 bits per heavy atom. The standard InChI is InChI=1S/C22H21ClN2S.C4H4O4/c1-24(16-17-7-3-2-4-8-17)13-14-25-19-9-5-6-10-21(19)26-22-12-11-18(23)15-20(22)25;5-3(6)1-2-4(7)8/h2-12,15H,13-14,16H2,1H3;1-2H,(H,5,6)(H,7,8). The van der Waals surface area contributed by atoms with Crippen molar-refractivity contribution in [3.05, 3.63) is 95.5 Å². The predicted octanol–water partition coefficient (Wildman–Crippen LogP) is 5.79. The second-order valence-electron chi connectivity index (χ2n) is 7.57. The van der Waals surface area contributed by atoms with Crippen molar-refractivity contribution in [1.29, 1.82) is 0 Å². The van der Waals surface area contributed by atoms with Gasteiger partial charge in [-0.1, -0.05) is 65.8 Å². The first-order valence-corrected chi connectivity index (χ1v) is 11.7. The smallest absolute Gasteiger partial charge is 0.328 e. The van der Waals surface area contributed by atoms with E-state index in [4.69, 9.17) is 21.8 Å². The summed E-state index contributed by atoms with van der Waals surface area (Å²) in [7, 11) is 2.18. The molecule has 0 spiro atoms. The molecule has 176 valence electrons. The maximum Gasteiger partial charge on any atom is 0.328 e. The van der Waals surface area contributed by atoms with E-state index >= 15 is 0 Å². The Balaban J connectivity index is 0.000000350. The van der Waals surface area contributed by atoms with Gasteiger partial charge in [-0.15, -0.1) is 0 Å². The summed E-state index contributed by atoms with van der Waals surface area (Å²) in [4.78, 5) is 26.4. The molecule has 0 radical (unpaired) electrons. The van der Waals surface area contributed by atoms with Gasteiger partial charge in [-0.05, 0) is 42.9 Å². The number of likely N-dealkylation sites (N-methyl/N-ethyl adjacent to an activating group) is 1. The van der Waals surface area contributed by atoms with Crippen LogP contribution in [0.3, 0.4) is 0 Å². The Kier molecular flexibility index (Phi) is 9.16. The molecule has 1 aliphatic rings. The van der Waals surface area contributed by atoms with Crippen LogP contribution in [0.2, 0.25) is 5.02 Å². The first-order valence-electron chi connectivity index (χ1n) is 10.5. The highest BCUT2D eigenvalue weighted by Gasteiger charge is 2.23. The van der Waals surface area contributed by atoms with Crippen LogP contribution in [0, 0.1) is 0 Å². The highest BCUT2D eigenvalue weighted by atomic mass is 35.5.